The molecule has 2 aromatic carbocycles. The number of hydrogen-bond acceptors (Lipinski definition) is 4. The maximum Gasteiger partial charge on any atom is 0.253 e. The first-order chi connectivity index (χ1) is 12.5. The molecule has 2 aromatic rings. The summed E-state index contributed by atoms with van der Waals surface area (Å²) in [6.07, 6.45) is 3.56. The molecule has 4 nitrogen and oxygen atoms in total. The average molecular weight is 363 g/mol. The molecule has 0 aliphatic heterocycles. The Labute approximate surface area is 159 Å². The van der Waals surface area contributed by atoms with Gasteiger partial charge in [0.05, 0.1) is 0 Å². The Bertz CT molecular complexity index is 669. The monoisotopic (exact) mass is 362 g/mol. The van der Waals surface area contributed by atoms with Gasteiger partial charge in [-0.3, -0.25) is 9.59 Å². The van der Waals surface area contributed by atoms with Gasteiger partial charge in [0.2, 0.25) is 0 Å². The standard InChI is InChI=1S/C14H16N2O2.C4H10.2C2H6/c1-3-9-6-5-7-10(8-9)16(4-2)12-11(15)13(17)14(12)18;1-3-4-2;2*1-2/h5-8H,3-4,15H2,1-2H3;3-4H2,1-2H3;2*1-2H3. The van der Waals surface area contributed by atoms with Gasteiger partial charge in [-0.05, 0) is 31.0 Å². The number of anilines is 3. The van der Waals surface area contributed by atoms with Crippen LogP contribution >= 0.6 is 0 Å². The minimum Gasteiger partial charge on any atom is -0.394 e. The summed E-state index contributed by atoms with van der Waals surface area (Å²) < 4.78 is 0. The van der Waals surface area contributed by atoms with Gasteiger partial charge < -0.3 is 10.6 Å². The number of aryl methyl sites for hydroxylation is 1. The van der Waals surface area contributed by atoms with Crippen LogP contribution in [0.4, 0.5) is 17.1 Å². The Morgan fingerprint density at radius 3 is 1.81 bits per heavy atom. The van der Waals surface area contributed by atoms with Gasteiger partial charge >= 0.3 is 0 Å². The fraction of sp³-hybridized carbons (Fsp3) is 0.545. The summed E-state index contributed by atoms with van der Waals surface area (Å²) in [5.74, 6) is 0. The van der Waals surface area contributed by atoms with E-state index < -0.39 is 10.9 Å². The number of benzene rings is 1. The summed E-state index contributed by atoms with van der Waals surface area (Å²) in [4.78, 5) is 24.5. The lowest BCUT2D eigenvalue weighted by Crippen LogP contribution is -2.40. The van der Waals surface area contributed by atoms with E-state index in [4.69, 9.17) is 5.73 Å². The maximum atomic E-state index is 11.6. The van der Waals surface area contributed by atoms with Crippen LogP contribution < -0.4 is 21.5 Å². The predicted molar refractivity (Wildman–Crippen MR) is 118 cm³/mol. The van der Waals surface area contributed by atoms with E-state index in [1.54, 1.807) is 4.90 Å². The Balaban J connectivity index is 0. The second-order valence-electron chi connectivity index (χ2n) is 5.19. The Hall–Kier alpha value is -2.10. The van der Waals surface area contributed by atoms with E-state index in [0.29, 0.717) is 12.2 Å². The molecule has 0 heterocycles. The lowest BCUT2D eigenvalue weighted by molar-refractivity contribution is 0.886. The fourth-order valence-electron chi connectivity index (χ4n) is 2.08. The van der Waals surface area contributed by atoms with Gasteiger partial charge in [0.1, 0.15) is 11.4 Å². The molecule has 0 atom stereocenters. The van der Waals surface area contributed by atoms with Crippen molar-refractivity contribution in [2.24, 2.45) is 0 Å². The van der Waals surface area contributed by atoms with Crippen molar-refractivity contribution < 1.29 is 0 Å². The van der Waals surface area contributed by atoms with Gasteiger partial charge in [0.15, 0.2) is 0 Å². The van der Waals surface area contributed by atoms with Crippen LogP contribution in [0.1, 0.15) is 73.8 Å². The Kier molecular flexibility index (Phi) is 15.3. The second kappa shape index (κ2) is 15.2. The average Bonchev–Trinajstić information content (AvgIpc) is 2.74. The van der Waals surface area contributed by atoms with E-state index in [1.807, 2.05) is 58.9 Å². The molecular weight excluding hydrogens is 324 g/mol. The highest BCUT2D eigenvalue weighted by atomic mass is 16.2. The first kappa shape index (κ1) is 26.1. The SMILES string of the molecule is CC.CC.CCCC.CCc1cccc(N(CC)c2c(N)c(=O)c2=O)c1. The van der Waals surface area contributed by atoms with E-state index in [0.717, 1.165) is 12.1 Å². The first-order valence-electron chi connectivity index (χ1n) is 9.96. The van der Waals surface area contributed by atoms with Gasteiger partial charge in [-0.2, -0.15) is 0 Å². The maximum absolute atomic E-state index is 11.6. The molecule has 0 aliphatic carbocycles. The van der Waals surface area contributed by atoms with Crippen LogP contribution in [-0.2, 0) is 6.42 Å². The van der Waals surface area contributed by atoms with Crippen LogP contribution in [0, 0.1) is 0 Å². The lowest BCUT2D eigenvalue weighted by atomic mass is 10.1. The Morgan fingerprint density at radius 1 is 0.885 bits per heavy atom. The van der Waals surface area contributed by atoms with Crippen molar-refractivity contribution in [3.63, 3.8) is 0 Å². The first-order valence-corrected chi connectivity index (χ1v) is 9.96. The van der Waals surface area contributed by atoms with Gasteiger partial charge in [0, 0.05) is 12.2 Å². The molecule has 4 heteroatoms. The van der Waals surface area contributed by atoms with Crippen LogP contribution in [0.15, 0.2) is 33.9 Å². The minimum absolute atomic E-state index is 0.0729. The van der Waals surface area contributed by atoms with Crippen molar-refractivity contribution in [3.8, 4) is 0 Å². The topological polar surface area (TPSA) is 63.4 Å². The van der Waals surface area contributed by atoms with E-state index >= 15 is 0 Å². The van der Waals surface area contributed by atoms with Crippen molar-refractivity contribution in [1.29, 1.82) is 0 Å². The molecule has 2 N–H and O–H groups in total. The van der Waals surface area contributed by atoms with Crippen molar-refractivity contribution in [2.45, 2.75) is 74.7 Å². The van der Waals surface area contributed by atoms with Gasteiger partial charge in [-0.25, -0.2) is 0 Å². The van der Waals surface area contributed by atoms with Crippen LogP contribution in [0.5, 0.6) is 0 Å². The third-order valence-electron chi connectivity index (χ3n) is 3.64. The summed E-state index contributed by atoms with van der Waals surface area (Å²) in [5, 5.41) is 0. The molecule has 0 bridgehead atoms. The van der Waals surface area contributed by atoms with Crippen molar-refractivity contribution in [1.82, 2.24) is 0 Å². The van der Waals surface area contributed by atoms with Crippen molar-refractivity contribution in [2.75, 3.05) is 17.2 Å². The van der Waals surface area contributed by atoms with E-state index in [9.17, 15) is 9.59 Å². The van der Waals surface area contributed by atoms with E-state index in [1.165, 1.54) is 18.4 Å². The minimum atomic E-state index is -0.574. The summed E-state index contributed by atoms with van der Waals surface area (Å²) in [5.41, 5.74) is 7.03. The fourth-order valence-corrected chi connectivity index (χ4v) is 2.08. The highest BCUT2D eigenvalue weighted by molar-refractivity contribution is 5.78. The number of nitrogens with two attached hydrogens (primary N) is 1. The molecule has 26 heavy (non-hydrogen) atoms. The third kappa shape index (κ3) is 7.03. The molecule has 0 unspecified atom stereocenters. The molecule has 2 rings (SSSR count). The number of nitrogens with zero attached hydrogens (tertiary/aromatic N) is 1. The zero-order chi connectivity index (χ0) is 20.7. The summed E-state index contributed by atoms with van der Waals surface area (Å²) in [6, 6.07) is 7.90. The molecule has 0 aliphatic rings. The number of rotatable bonds is 5. The molecule has 0 amide bonds. The molecular formula is C22H38N2O2. The number of nitrogen functional groups attached to an aromatic ring is 1. The summed E-state index contributed by atoms with van der Waals surface area (Å²) in [6.45, 7) is 17.0. The molecule has 0 aromatic heterocycles. The molecule has 0 spiro atoms. The molecule has 0 fully saturated rings. The largest absolute Gasteiger partial charge is 0.394 e. The summed E-state index contributed by atoms with van der Waals surface area (Å²) >= 11 is 0. The third-order valence-corrected chi connectivity index (χ3v) is 3.64. The van der Waals surface area contributed by atoms with E-state index in [-0.39, 0.29) is 5.69 Å². The summed E-state index contributed by atoms with van der Waals surface area (Å²) in [7, 11) is 0. The van der Waals surface area contributed by atoms with E-state index in [2.05, 4.69) is 20.8 Å². The molecule has 148 valence electrons. The molecule has 0 saturated carbocycles. The predicted octanol–water partition coefficient (Wildman–Crippen LogP) is 5.44. The van der Waals surface area contributed by atoms with Crippen LogP contribution in [0.3, 0.4) is 0 Å². The van der Waals surface area contributed by atoms with Crippen LogP contribution in [0.25, 0.3) is 0 Å². The van der Waals surface area contributed by atoms with Gasteiger partial charge in [-0.15, -0.1) is 0 Å². The molecule has 0 saturated heterocycles. The number of hydrogen-bond donors (Lipinski definition) is 1. The second-order valence-corrected chi connectivity index (χ2v) is 5.19. The van der Waals surface area contributed by atoms with Crippen molar-refractivity contribution >= 4 is 17.1 Å². The smallest absolute Gasteiger partial charge is 0.253 e. The van der Waals surface area contributed by atoms with Crippen LogP contribution in [-0.4, -0.2) is 6.54 Å². The lowest BCUT2D eigenvalue weighted by Gasteiger charge is -2.25. The van der Waals surface area contributed by atoms with Crippen molar-refractivity contribution in [3.05, 3.63) is 50.3 Å². The van der Waals surface area contributed by atoms with Crippen LogP contribution in [0.2, 0.25) is 0 Å². The van der Waals surface area contributed by atoms with Gasteiger partial charge in [-0.1, -0.05) is 73.4 Å². The molecule has 0 radical (unpaired) electrons. The quantitative estimate of drug-likeness (QED) is 0.719. The normalized spacial score (nSPS) is 9.08. The number of unbranched alkanes of at least 4 members (excludes halogenated alkanes) is 1. The zero-order valence-corrected chi connectivity index (χ0v) is 18.0. The van der Waals surface area contributed by atoms with Gasteiger partial charge in [0.25, 0.3) is 10.9 Å². The highest BCUT2D eigenvalue weighted by Gasteiger charge is 2.23. The Morgan fingerprint density at radius 2 is 1.42 bits per heavy atom. The zero-order valence-electron chi connectivity index (χ0n) is 18.0. The highest BCUT2D eigenvalue weighted by Crippen LogP contribution is 2.27.